The standard InChI is InChI=1S/C16H17NO/c1-11-9-15(17-13(3)18)10-12(2)16(11)14-7-5-4-6-8-14/h4-10H,1-3H3,(H,17,18). The number of amides is 1. The van der Waals surface area contributed by atoms with Gasteiger partial charge in [0.2, 0.25) is 5.91 Å². The Morgan fingerprint density at radius 3 is 2.06 bits per heavy atom. The number of hydrogen-bond acceptors (Lipinski definition) is 1. The summed E-state index contributed by atoms with van der Waals surface area (Å²) in [7, 11) is 0. The highest BCUT2D eigenvalue weighted by Gasteiger charge is 2.07. The largest absolute Gasteiger partial charge is 0.326 e. The molecule has 0 aliphatic carbocycles. The van der Waals surface area contributed by atoms with Gasteiger partial charge in [0.25, 0.3) is 0 Å². The first-order chi connectivity index (χ1) is 8.58. The van der Waals surface area contributed by atoms with E-state index in [4.69, 9.17) is 0 Å². The van der Waals surface area contributed by atoms with Gasteiger partial charge in [-0.05, 0) is 48.2 Å². The van der Waals surface area contributed by atoms with Gasteiger partial charge in [-0.1, -0.05) is 30.3 Å². The van der Waals surface area contributed by atoms with E-state index in [2.05, 4.69) is 31.3 Å². The van der Waals surface area contributed by atoms with Gasteiger partial charge in [0.05, 0.1) is 0 Å². The molecule has 0 aromatic heterocycles. The van der Waals surface area contributed by atoms with Gasteiger partial charge in [0.15, 0.2) is 0 Å². The van der Waals surface area contributed by atoms with Crippen LogP contribution < -0.4 is 5.32 Å². The summed E-state index contributed by atoms with van der Waals surface area (Å²) in [6.45, 7) is 5.66. The second-order valence-corrected chi connectivity index (χ2v) is 4.53. The predicted octanol–water partition coefficient (Wildman–Crippen LogP) is 3.93. The fraction of sp³-hybridized carbons (Fsp3) is 0.188. The zero-order chi connectivity index (χ0) is 13.1. The minimum Gasteiger partial charge on any atom is -0.326 e. The van der Waals surface area contributed by atoms with E-state index in [1.807, 2.05) is 30.3 Å². The van der Waals surface area contributed by atoms with E-state index >= 15 is 0 Å². The van der Waals surface area contributed by atoms with Gasteiger partial charge >= 0.3 is 0 Å². The Kier molecular flexibility index (Phi) is 3.47. The molecule has 2 rings (SSSR count). The van der Waals surface area contributed by atoms with Crippen molar-refractivity contribution in [3.05, 3.63) is 53.6 Å². The average Bonchev–Trinajstić information content (AvgIpc) is 2.28. The van der Waals surface area contributed by atoms with Crippen molar-refractivity contribution in [2.75, 3.05) is 5.32 Å². The molecule has 18 heavy (non-hydrogen) atoms. The molecule has 0 radical (unpaired) electrons. The van der Waals surface area contributed by atoms with E-state index in [1.165, 1.54) is 29.2 Å². The lowest BCUT2D eigenvalue weighted by molar-refractivity contribution is -0.114. The Morgan fingerprint density at radius 2 is 1.56 bits per heavy atom. The number of carbonyl (C=O) groups excluding carboxylic acids is 1. The van der Waals surface area contributed by atoms with Gasteiger partial charge in [0.1, 0.15) is 0 Å². The summed E-state index contributed by atoms with van der Waals surface area (Å²) >= 11 is 0. The maximum absolute atomic E-state index is 11.1. The molecule has 92 valence electrons. The third kappa shape index (κ3) is 2.59. The first-order valence-electron chi connectivity index (χ1n) is 6.02. The molecule has 0 heterocycles. The third-order valence-electron chi connectivity index (χ3n) is 2.92. The van der Waals surface area contributed by atoms with Crippen LogP contribution in [-0.4, -0.2) is 5.91 Å². The van der Waals surface area contributed by atoms with Crippen LogP contribution >= 0.6 is 0 Å². The van der Waals surface area contributed by atoms with Crippen molar-refractivity contribution in [2.45, 2.75) is 20.8 Å². The molecular formula is C16H17NO. The molecule has 0 bridgehead atoms. The van der Waals surface area contributed by atoms with Crippen LogP contribution in [0, 0.1) is 13.8 Å². The highest BCUT2D eigenvalue weighted by atomic mass is 16.1. The van der Waals surface area contributed by atoms with Gasteiger partial charge < -0.3 is 5.32 Å². The molecule has 2 nitrogen and oxygen atoms in total. The van der Waals surface area contributed by atoms with E-state index in [9.17, 15) is 4.79 Å². The summed E-state index contributed by atoms with van der Waals surface area (Å²) in [5.74, 6) is -0.0405. The van der Waals surface area contributed by atoms with Crippen molar-refractivity contribution in [1.29, 1.82) is 0 Å². The molecule has 0 saturated carbocycles. The lowest BCUT2D eigenvalue weighted by atomic mass is 9.95. The summed E-state index contributed by atoms with van der Waals surface area (Å²) in [6, 6.07) is 14.3. The molecule has 2 aromatic rings. The smallest absolute Gasteiger partial charge is 0.221 e. The van der Waals surface area contributed by atoms with Gasteiger partial charge in [-0.25, -0.2) is 0 Å². The molecule has 2 aromatic carbocycles. The quantitative estimate of drug-likeness (QED) is 0.845. The zero-order valence-corrected chi connectivity index (χ0v) is 10.9. The minimum atomic E-state index is -0.0405. The summed E-state index contributed by atoms with van der Waals surface area (Å²) < 4.78 is 0. The van der Waals surface area contributed by atoms with Gasteiger partial charge in [-0.3, -0.25) is 4.79 Å². The molecule has 0 aliphatic heterocycles. The molecular weight excluding hydrogens is 222 g/mol. The highest BCUT2D eigenvalue weighted by molar-refractivity contribution is 5.89. The number of benzene rings is 2. The second kappa shape index (κ2) is 5.05. The Balaban J connectivity index is 2.48. The molecule has 0 saturated heterocycles. The third-order valence-corrected chi connectivity index (χ3v) is 2.92. The molecule has 0 spiro atoms. The van der Waals surface area contributed by atoms with Gasteiger partial charge in [0, 0.05) is 12.6 Å². The number of anilines is 1. The van der Waals surface area contributed by atoms with Crippen molar-refractivity contribution >= 4 is 11.6 Å². The highest BCUT2D eigenvalue weighted by Crippen LogP contribution is 2.29. The van der Waals surface area contributed by atoms with E-state index < -0.39 is 0 Å². The summed E-state index contributed by atoms with van der Waals surface area (Å²) in [6.07, 6.45) is 0. The van der Waals surface area contributed by atoms with Gasteiger partial charge in [-0.2, -0.15) is 0 Å². The van der Waals surface area contributed by atoms with E-state index in [1.54, 1.807) is 0 Å². The molecule has 0 fully saturated rings. The van der Waals surface area contributed by atoms with Crippen molar-refractivity contribution in [3.8, 4) is 11.1 Å². The van der Waals surface area contributed by atoms with Crippen LogP contribution in [-0.2, 0) is 4.79 Å². The lowest BCUT2D eigenvalue weighted by Crippen LogP contribution is -2.06. The predicted molar refractivity (Wildman–Crippen MR) is 75.7 cm³/mol. The molecule has 0 unspecified atom stereocenters. The topological polar surface area (TPSA) is 29.1 Å². The monoisotopic (exact) mass is 239 g/mol. The first kappa shape index (κ1) is 12.4. The van der Waals surface area contributed by atoms with Crippen molar-refractivity contribution in [3.63, 3.8) is 0 Å². The van der Waals surface area contributed by atoms with Crippen LogP contribution in [0.5, 0.6) is 0 Å². The fourth-order valence-corrected chi connectivity index (χ4v) is 2.30. The average molecular weight is 239 g/mol. The fourth-order valence-electron chi connectivity index (χ4n) is 2.30. The number of rotatable bonds is 2. The van der Waals surface area contributed by atoms with Crippen molar-refractivity contribution < 1.29 is 4.79 Å². The summed E-state index contributed by atoms with van der Waals surface area (Å²) in [5, 5.41) is 2.83. The van der Waals surface area contributed by atoms with Crippen molar-refractivity contribution in [1.82, 2.24) is 0 Å². The Bertz CT molecular complexity index is 550. The van der Waals surface area contributed by atoms with Crippen LogP contribution in [0.3, 0.4) is 0 Å². The summed E-state index contributed by atoms with van der Waals surface area (Å²) in [5.41, 5.74) is 5.65. The van der Waals surface area contributed by atoms with Crippen LogP contribution in [0.1, 0.15) is 18.1 Å². The summed E-state index contributed by atoms with van der Waals surface area (Å²) in [4.78, 5) is 11.1. The van der Waals surface area contributed by atoms with E-state index in [-0.39, 0.29) is 5.91 Å². The molecule has 1 amide bonds. The molecule has 1 N–H and O–H groups in total. The maximum Gasteiger partial charge on any atom is 0.221 e. The second-order valence-electron chi connectivity index (χ2n) is 4.53. The lowest BCUT2D eigenvalue weighted by Gasteiger charge is -2.13. The van der Waals surface area contributed by atoms with Crippen molar-refractivity contribution in [2.24, 2.45) is 0 Å². The maximum atomic E-state index is 11.1. The normalized spacial score (nSPS) is 10.2. The SMILES string of the molecule is CC(=O)Nc1cc(C)c(-c2ccccc2)c(C)c1. The molecule has 2 heteroatoms. The van der Waals surface area contributed by atoms with Crippen LogP contribution in [0.2, 0.25) is 0 Å². The molecule has 0 aliphatic rings. The number of nitrogens with one attached hydrogen (secondary N) is 1. The number of carbonyl (C=O) groups is 1. The Morgan fingerprint density at radius 1 is 1.00 bits per heavy atom. The van der Waals surface area contributed by atoms with E-state index in [0.29, 0.717) is 0 Å². The Labute approximate surface area is 108 Å². The number of hydrogen-bond donors (Lipinski definition) is 1. The Hall–Kier alpha value is -2.09. The minimum absolute atomic E-state index is 0.0405. The first-order valence-corrected chi connectivity index (χ1v) is 6.02. The van der Waals surface area contributed by atoms with Gasteiger partial charge in [-0.15, -0.1) is 0 Å². The molecule has 0 atom stereocenters. The van der Waals surface area contributed by atoms with Crippen LogP contribution in [0.25, 0.3) is 11.1 Å². The van der Waals surface area contributed by atoms with Crippen LogP contribution in [0.15, 0.2) is 42.5 Å². The number of aryl methyl sites for hydroxylation is 2. The zero-order valence-electron chi connectivity index (χ0n) is 10.9. The van der Waals surface area contributed by atoms with Crippen LogP contribution in [0.4, 0.5) is 5.69 Å². The van der Waals surface area contributed by atoms with E-state index in [0.717, 1.165) is 5.69 Å².